The first-order valence-electron chi connectivity index (χ1n) is 9.25. The van der Waals surface area contributed by atoms with Crippen LogP contribution in [0.15, 0.2) is 41.6 Å². The molecule has 3 aromatic rings. The van der Waals surface area contributed by atoms with Crippen LogP contribution in [0, 0.1) is 13.8 Å². The number of aryl methyl sites for hydroxylation is 2. The van der Waals surface area contributed by atoms with Crippen LogP contribution in [0.3, 0.4) is 0 Å². The summed E-state index contributed by atoms with van der Waals surface area (Å²) in [4.78, 5) is 12.2. The molecular weight excluding hydrogens is 443 g/mol. The SMILES string of the molecule is Cc1cc(OC(C)c2nnc(SCC(=O)Nc3cccc(Cl)c3)n2C)cc(C)c1Cl. The van der Waals surface area contributed by atoms with Crippen LogP contribution in [0.1, 0.15) is 30.0 Å². The highest BCUT2D eigenvalue weighted by Crippen LogP contribution is 2.29. The second kappa shape index (κ2) is 9.73. The van der Waals surface area contributed by atoms with E-state index in [0.717, 1.165) is 21.9 Å². The third-order valence-electron chi connectivity index (χ3n) is 4.40. The smallest absolute Gasteiger partial charge is 0.234 e. The van der Waals surface area contributed by atoms with Crippen LogP contribution < -0.4 is 10.1 Å². The van der Waals surface area contributed by atoms with Gasteiger partial charge in [-0.3, -0.25) is 4.79 Å². The maximum absolute atomic E-state index is 12.2. The minimum Gasteiger partial charge on any atom is -0.483 e. The van der Waals surface area contributed by atoms with Crippen molar-refractivity contribution >= 4 is 46.6 Å². The fraction of sp³-hybridized carbons (Fsp3) is 0.286. The summed E-state index contributed by atoms with van der Waals surface area (Å²) in [6.45, 7) is 5.79. The van der Waals surface area contributed by atoms with E-state index in [1.54, 1.807) is 24.3 Å². The summed E-state index contributed by atoms with van der Waals surface area (Å²) < 4.78 is 7.87. The highest BCUT2D eigenvalue weighted by molar-refractivity contribution is 7.99. The minimum absolute atomic E-state index is 0.150. The predicted molar refractivity (Wildman–Crippen MR) is 122 cm³/mol. The first-order chi connectivity index (χ1) is 14.2. The van der Waals surface area contributed by atoms with Gasteiger partial charge in [0.2, 0.25) is 5.91 Å². The van der Waals surface area contributed by atoms with Crippen LogP contribution in [-0.2, 0) is 11.8 Å². The van der Waals surface area contributed by atoms with Crippen LogP contribution in [0.2, 0.25) is 10.0 Å². The Bertz CT molecular complexity index is 1050. The van der Waals surface area contributed by atoms with E-state index in [2.05, 4.69) is 15.5 Å². The Morgan fingerprint density at radius 2 is 1.90 bits per heavy atom. The van der Waals surface area contributed by atoms with Crippen LogP contribution in [0.4, 0.5) is 5.69 Å². The van der Waals surface area contributed by atoms with Crippen molar-refractivity contribution in [2.75, 3.05) is 11.1 Å². The molecular formula is C21H22Cl2N4O2S. The number of rotatable bonds is 7. The number of benzene rings is 2. The molecule has 0 aliphatic rings. The molecule has 1 amide bonds. The lowest BCUT2D eigenvalue weighted by Gasteiger charge is -2.16. The lowest BCUT2D eigenvalue weighted by Crippen LogP contribution is -2.14. The van der Waals surface area contributed by atoms with Gasteiger partial charge in [-0.25, -0.2) is 0 Å². The molecule has 0 saturated carbocycles. The fourth-order valence-electron chi connectivity index (χ4n) is 2.93. The number of hydrogen-bond acceptors (Lipinski definition) is 5. The van der Waals surface area contributed by atoms with Gasteiger partial charge in [-0.05, 0) is 62.2 Å². The molecule has 0 bridgehead atoms. The van der Waals surface area contributed by atoms with E-state index in [4.69, 9.17) is 27.9 Å². The van der Waals surface area contributed by atoms with Crippen LogP contribution in [0.25, 0.3) is 0 Å². The molecule has 1 heterocycles. The zero-order valence-electron chi connectivity index (χ0n) is 17.1. The van der Waals surface area contributed by atoms with Gasteiger partial charge in [0.25, 0.3) is 0 Å². The molecule has 30 heavy (non-hydrogen) atoms. The number of anilines is 1. The summed E-state index contributed by atoms with van der Waals surface area (Å²) in [7, 11) is 1.85. The molecule has 0 saturated heterocycles. The van der Waals surface area contributed by atoms with E-state index in [1.165, 1.54) is 11.8 Å². The zero-order chi connectivity index (χ0) is 21.8. The van der Waals surface area contributed by atoms with Crippen molar-refractivity contribution in [1.29, 1.82) is 0 Å². The average molecular weight is 465 g/mol. The van der Waals surface area contributed by atoms with Gasteiger partial charge in [-0.1, -0.05) is 41.0 Å². The standard InChI is InChI=1S/C21H22Cl2N4O2S/c1-12-8-17(9-13(2)19(12)23)29-14(3)20-25-26-21(27(20)4)30-11-18(28)24-16-7-5-6-15(22)10-16/h5-10,14H,11H2,1-4H3,(H,24,28). The average Bonchev–Trinajstić information content (AvgIpc) is 3.05. The van der Waals surface area contributed by atoms with Crippen molar-refractivity contribution < 1.29 is 9.53 Å². The van der Waals surface area contributed by atoms with Crippen LogP contribution >= 0.6 is 35.0 Å². The number of amides is 1. The highest BCUT2D eigenvalue weighted by atomic mass is 35.5. The summed E-state index contributed by atoms with van der Waals surface area (Å²) in [5.41, 5.74) is 2.57. The molecule has 6 nitrogen and oxygen atoms in total. The number of hydrogen-bond donors (Lipinski definition) is 1. The Morgan fingerprint density at radius 3 is 2.57 bits per heavy atom. The molecule has 0 aliphatic carbocycles. The number of ether oxygens (including phenoxy) is 1. The zero-order valence-corrected chi connectivity index (χ0v) is 19.4. The quantitative estimate of drug-likeness (QED) is 0.460. The number of carbonyl (C=O) groups is 1. The van der Waals surface area contributed by atoms with Gasteiger partial charge in [-0.2, -0.15) is 0 Å². The molecule has 158 valence electrons. The summed E-state index contributed by atoms with van der Waals surface area (Å²) in [6.07, 6.45) is -0.322. The Kier molecular flexibility index (Phi) is 7.28. The third-order valence-corrected chi connectivity index (χ3v) is 6.25. The Labute approximate surface area is 189 Å². The number of thioether (sulfide) groups is 1. The first kappa shape index (κ1) is 22.5. The van der Waals surface area contributed by atoms with E-state index in [9.17, 15) is 4.79 Å². The monoisotopic (exact) mass is 464 g/mol. The van der Waals surface area contributed by atoms with Crippen molar-refractivity contribution in [2.24, 2.45) is 7.05 Å². The maximum atomic E-state index is 12.2. The largest absolute Gasteiger partial charge is 0.483 e. The summed E-state index contributed by atoms with van der Waals surface area (Å²) in [6, 6.07) is 10.8. The van der Waals surface area contributed by atoms with E-state index < -0.39 is 0 Å². The predicted octanol–water partition coefficient (Wildman–Crippen LogP) is 5.61. The minimum atomic E-state index is -0.322. The van der Waals surface area contributed by atoms with E-state index >= 15 is 0 Å². The first-order valence-corrected chi connectivity index (χ1v) is 11.0. The van der Waals surface area contributed by atoms with E-state index in [-0.39, 0.29) is 17.8 Å². The Balaban J connectivity index is 1.61. The van der Waals surface area contributed by atoms with Gasteiger partial charge in [0.05, 0.1) is 5.75 Å². The number of nitrogens with one attached hydrogen (secondary N) is 1. The van der Waals surface area contributed by atoms with Crippen molar-refractivity contribution in [2.45, 2.75) is 32.0 Å². The molecule has 1 aromatic heterocycles. The molecule has 3 rings (SSSR count). The molecule has 0 aliphatic heterocycles. The summed E-state index contributed by atoms with van der Waals surface area (Å²) >= 11 is 13.5. The van der Waals surface area contributed by atoms with Crippen molar-refractivity contribution in [1.82, 2.24) is 14.8 Å². The van der Waals surface area contributed by atoms with Gasteiger partial charge < -0.3 is 14.6 Å². The van der Waals surface area contributed by atoms with Crippen molar-refractivity contribution in [3.63, 3.8) is 0 Å². The second-order valence-electron chi connectivity index (χ2n) is 6.88. The van der Waals surface area contributed by atoms with Gasteiger partial charge in [-0.15, -0.1) is 10.2 Å². The van der Waals surface area contributed by atoms with Gasteiger partial charge in [0.1, 0.15) is 5.75 Å². The van der Waals surface area contributed by atoms with Crippen LogP contribution in [0.5, 0.6) is 5.75 Å². The Morgan fingerprint density at radius 1 is 1.20 bits per heavy atom. The fourth-order valence-corrected chi connectivity index (χ4v) is 3.95. The van der Waals surface area contributed by atoms with Gasteiger partial charge >= 0.3 is 0 Å². The van der Waals surface area contributed by atoms with Gasteiger partial charge in [0.15, 0.2) is 17.1 Å². The molecule has 1 unspecified atom stereocenters. The number of nitrogens with zero attached hydrogens (tertiary/aromatic N) is 3. The Hall–Kier alpha value is -2.22. The number of aromatic nitrogens is 3. The lowest BCUT2D eigenvalue weighted by molar-refractivity contribution is -0.113. The molecule has 0 spiro atoms. The lowest BCUT2D eigenvalue weighted by atomic mass is 10.1. The second-order valence-corrected chi connectivity index (χ2v) is 8.64. The maximum Gasteiger partial charge on any atom is 0.234 e. The molecule has 1 atom stereocenters. The molecule has 9 heteroatoms. The molecule has 0 radical (unpaired) electrons. The summed E-state index contributed by atoms with van der Waals surface area (Å²) in [5, 5.41) is 13.2. The number of carbonyl (C=O) groups excluding carboxylic acids is 1. The summed E-state index contributed by atoms with van der Waals surface area (Å²) in [5.74, 6) is 1.43. The molecule has 1 N–H and O–H groups in total. The highest BCUT2D eigenvalue weighted by Gasteiger charge is 2.18. The third kappa shape index (κ3) is 5.47. The molecule has 2 aromatic carbocycles. The molecule has 0 fully saturated rings. The van der Waals surface area contributed by atoms with Crippen molar-refractivity contribution in [3.05, 3.63) is 63.4 Å². The van der Waals surface area contributed by atoms with Crippen LogP contribution in [-0.4, -0.2) is 26.4 Å². The topological polar surface area (TPSA) is 69.0 Å². The number of halogens is 2. The van der Waals surface area contributed by atoms with Gasteiger partial charge in [0, 0.05) is 22.8 Å². The normalized spacial score (nSPS) is 11.9. The van der Waals surface area contributed by atoms with Crippen molar-refractivity contribution in [3.8, 4) is 5.75 Å². The van der Waals surface area contributed by atoms with E-state index in [0.29, 0.717) is 21.7 Å². The van der Waals surface area contributed by atoms with E-state index in [1.807, 2.05) is 44.5 Å².